The zero-order valence-corrected chi connectivity index (χ0v) is 23.0. The van der Waals surface area contributed by atoms with Crippen molar-refractivity contribution < 1.29 is 0 Å². The normalized spacial score (nSPS) is 16.0. The number of hydrogen-bond acceptors (Lipinski definition) is 4. The van der Waals surface area contributed by atoms with Crippen LogP contribution >= 0.6 is 0 Å². The van der Waals surface area contributed by atoms with E-state index in [0.717, 1.165) is 63.6 Å². The first kappa shape index (κ1) is 26.0. The number of rotatable bonds is 9. The Hall–Kier alpha value is -3.62. The second kappa shape index (κ2) is 11.4. The molecule has 196 valence electrons. The van der Waals surface area contributed by atoms with Gasteiger partial charge in [0.25, 0.3) is 0 Å². The van der Waals surface area contributed by atoms with E-state index in [1.165, 1.54) is 22.2 Å². The van der Waals surface area contributed by atoms with E-state index in [0.29, 0.717) is 0 Å². The van der Waals surface area contributed by atoms with E-state index in [1.54, 1.807) is 0 Å². The van der Waals surface area contributed by atoms with E-state index in [4.69, 9.17) is 4.98 Å². The third-order valence-corrected chi connectivity index (χ3v) is 8.33. The van der Waals surface area contributed by atoms with Crippen LogP contribution in [0, 0.1) is 24.2 Å². The largest absolute Gasteiger partial charge is 0.340 e. The summed E-state index contributed by atoms with van der Waals surface area (Å²) < 4.78 is 2.37. The van der Waals surface area contributed by atoms with Crippen molar-refractivity contribution in [1.29, 1.82) is 5.26 Å². The number of aromatic nitrogens is 2. The summed E-state index contributed by atoms with van der Waals surface area (Å²) in [5, 5.41) is 10.3. The Kier molecular flexibility index (Phi) is 7.81. The highest BCUT2D eigenvalue weighted by molar-refractivity contribution is 5.79. The minimum absolute atomic E-state index is 0.267. The molecular weight excluding hydrogens is 466 g/mol. The van der Waals surface area contributed by atoms with Crippen molar-refractivity contribution in [2.75, 3.05) is 37.6 Å². The molecule has 4 aromatic rings. The van der Waals surface area contributed by atoms with Gasteiger partial charge in [-0.25, -0.2) is 4.98 Å². The van der Waals surface area contributed by atoms with Gasteiger partial charge in [0, 0.05) is 26.2 Å². The number of nitriles is 1. The average molecular weight is 506 g/mol. The second-order valence-corrected chi connectivity index (χ2v) is 11.0. The molecule has 1 unspecified atom stereocenters. The van der Waals surface area contributed by atoms with Crippen LogP contribution in [0.5, 0.6) is 0 Å². The van der Waals surface area contributed by atoms with Gasteiger partial charge in [0.15, 0.2) is 0 Å². The molecule has 0 spiro atoms. The molecule has 3 aromatic carbocycles. The van der Waals surface area contributed by atoms with E-state index >= 15 is 0 Å². The van der Waals surface area contributed by atoms with Crippen LogP contribution in [0.15, 0.2) is 78.9 Å². The van der Waals surface area contributed by atoms with Crippen LogP contribution in [-0.4, -0.2) is 47.2 Å². The smallest absolute Gasteiger partial charge is 0.206 e. The predicted molar refractivity (Wildman–Crippen MR) is 156 cm³/mol. The van der Waals surface area contributed by atoms with Crippen molar-refractivity contribution in [1.82, 2.24) is 14.5 Å². The summed E-state index contributed by atoms with van der Waals surface area (Å²) in [6, 6.07) is 30.3. The SMILES string of the molecule is Cc1ccccc1C(C#N)(CCCN1CCN(c2nc3ccccc3n2Cc2ccccc2)CC1)C(C)C. The van der Waals surface area contributed by atoms with Crippen molar-refractivity contribution in [2.45, 2.75) is 45.6 Å². The third kappa shape index (κ3) is 5.19. The molecule has 2 heterocycles. The van der Waals surface area contributed by atoms with Gasteiger partial charge in [-0.2, -0.15) is 5.26 Å². The number of nitrogens with zero attached hydrogens (tertiary/aromatic N) is 5. The summed E-state index contributed by atoms with van der Waals surface area (Å²) in [6.07, 6.45) is 1.91. The van der Waals surface area contributed by atoms with E-state index in [9.17, 15) is 5.26 Å². The molecule has 1 aromatic heterocycles. The Morgan fingerprint density at radius 2 is 1.58 bits per heavy atom. The van der Waals surface area contributed by atoms with Gasteiger partial charge in [-0.3, -0.25) is 4.90 Å². The monoisotopic (exact) mass is 505 g/mol. The number of fused-ring (bicyclic) bond motifs is 1. The van der Waals surface area contributed by atoms with Gasteiger partial charge in [-0.1, -0.05) is 80.6 Å². The van der Waals surface area contributed by atoms with Crippen LogP contribution in [0.3, 0.4) is 0 Å². The lowest BCUT2D eigenvalue weighted by Crippen LogP contribution is -2.47. The maximum atomic E-state index is 10.3. The number of benzene rings is 3. The molecule has 0 bridgehead atoms. The minimum Gasteiger partial charge on any atom is -0.340 e. The van der Waals surface area contributed by atoms with Gasteiger partial charge in [0.2, 0.25) is 5.95 Å². The fourth-order valence-electron chi connectivity index (χ4n) is 6.03. The highest BCUT2D eigenvalue weighted by Gasteiger charge is 2.36. The minimum atomic E-state index is -0.435. The van der Waals surface area contributed by atoms with Gasteiger partial charge >= 0.3 is 0 Å². The molecule has 5 heteroatoms. The van der Waals surface area contributed by atoms with Gasteiger partial charge < -0.3 is 9.47 Å². The van der Waals surface area contributed by atoms with Gasteiger partial charge in [0.05, 0.1) is 29.1 Å². The van der Waals surface area contributed by atoms with Crippen molar-refractivity contribution in [3.63, 3.8) is 0 Å². The van der Waals surface area contributed by atoms with E-state index in [1.807, 2.05) is 0 Å². The van der Waals surface area contributed by atoms with Crippen molar-refractivity contribution in [2.24, 2.45) is 5.92 Å². The first-order valence-corrected chi connectivity index (χ1v) is 14.0. The van der Waals surface area contributed by atoms with Crippen LogP contribution < -0.4 is 4.90 Å². The molecule has 5 nitrogen and oxygen atoms in total. The molecule has 0 amide bonds. The lowest BCUT2D eigenvalue weighted by atomic mass is 9.68. The average Bonchev–Trinajstić information content (AvgIpc) is 3.31. The molecule has 0 saturated carbocycles. The quantitative estimate of drug-likeness (QED) is 0.264. The molecule has 0 aliphatic carbocycles. The topological polar surface area (TPSA) is 48.1 Å². The number of para-hydroxylation sites is 2. The number of hydrogen-bond donors (Lipinski definition) is 0. The number of piperazine rings is 1. The standard InChI is InChI=1S/C33H39N5/c1-26(2)33(25-34,29-15-8-7-12-27(29)3)18-11-19-36-20-22-37(23-21-36)32-35-30-16-9-10-17-31(30)38(32)24-28-13-5-4-6-14-28/h4-10,12-17,26H,11,18-24H2,1-3H3. The lowest BCUT2D eigenvalue weighted by molar-refractivity contribution is 0.237. The fraction of sp³-hybridized carbons (Fsp3) is 0.394. The lowest BCUT2D eigenvalue weighted by Gasteiger charge is -2.37. The van der Waals surface area contributed by atoms with Crippen molar-refractivity contribution in [3.05, 3.63) is 95.6 Å². The van der Waals surface area contributed by atoms with Crippen LogP contribution in [0.4, 0.5) is 5.95 Å². The van der Waals surface area contributed by atoms with Gasteiger partial charge in [-0.05, 0) is 61.1 Å². The number of aryl methyl sites for hydroxylation is 1. The van der Waals surface area contributed by atoms with Crippen LogP contribution in [0.25, 0.3) is 11.0 Å². The van der Waals surface area contributed by atoms with Crippen molar-refractivity contribution in [3.8, 4) is 6.07 Å². The molecule has 1 aliphatic rings. The van der Waals surface area contributed by atoms with Gasteiger partial charge in [-0.15, -0.1) is 0 Å². The predicted octanol–water partition coefficient (Wildman–Crippen LogP) is 6.41. The van der Waals surface area contributed by atoms with E-state index < -0.39 is 5.41 Å². The highest BCUT2D eigenvalue weighted by Crippen LogP contribution is 2.38. The number of imidazole rings is 1. The summed E-state index contributed by atoms with van der Waals surface area (Å²) in [4.78, 5) is 10.1. The van der Waals surface area contributed by atoms with Crippen LogP contribution in [-0.2, 0) is 12.0 Å². The Balaban J connectivity index is 1.25. The Labute approximate surface area is 227 Å². The molecule has 38 heavy (non-hydrogen) atoms. The first-order chi connectivity index (χ1) is 18.5. The molecule has 0 radical (unpaired) electrons. The van der Waals surface area contributed by atoms with Gasteiger partial charge in [0.1, 0.15) is 0 Å². The summed E-state index contributed by atoms with van der Waals surface area (Å²) in [7, 11) is 0. The molecule has 1 saturated heterocycles. The Bertz CT molecular complexity index is 1390. The zero-order chi connectivity index (χ0) is 26.5. The summed E-state index contributed by atoms with van der Waals surface area (Å²) in [6.45, 7) is 12.3. The molecule has 0 N–H and O–H groups in total. The molecule has 5 rings (SSSR count). The summed E-state index contributed by atoms with van der Waals surface area (Å²) >= 11 is 0. The Morgan fingerprint density at radius 1 is 0.895 bits per heavy atom. The third-order valence-electron chi connectivity index (χ3n) is 8.33. The molecule has 1 atom stereocenters. The molecular formula is C33H39N5. The Morgan fingerprint density at radius 3 is 2.29 bits per heavy atom. The highest BCUT2D eigenvalue weighted by atomic mass is 15.4. The van der Waals surface area contributed by atoms with Crippen LogP contribution in [0.1, 0.15) is 43.4 Å². The van der Waals surface area contributed by atoms with Crippen LogP contribution in [0.2, 0.25) is 0 Å². The molecule has 1 fully saturated rings. The molecule has 1 aliphatic heterocycles. The first-order valence-electron chi connectivity index (χ1n) is 14.0. The maximum Gasteiger partial charge on any atom is 0.206 e. The van der Waals surface area contributed by atoms with E-state index in [-0.39, 0.29) is 5.92 Å². The summed E-state index contributed by atoms with van der Waals surface area (Å²) in [5.74, 6) is 1.33. The van der Waals surface area contributed by atoms with E-state index in [2.05, 4.69) is 120 Å². The zero-order valence-electron chi connectivity index (χ0n) is 23.0. The maximum absolute atomic E-state index is 10.3. The second-order valence-electron chi connectivity index (χ2n) is 11.0. The van der Waals surface area contributed by atoms with Crippen molar-refractivity contribution >= 4 is 17.0 Å². The summed E-state index contributed by atoms with van der Waals surface area (Å²) in [5.41, 5.74) is 5.50. The fourth-order valence-corrected chi connectivity index (χ4v) is 6.03. The number of anilines is 1.